The van der Waals surface area contributed by atoms with Crippen molar-refractivity contribution < 1.29 is 4.79 Å². The van der Waals surface area contributed by atoms with Gasteiger partial charge in [0.05, 0.1) is 0 Å². The van der Waals surface area contributed by atoms with Gasteiger partial charge in [-0.1, -0.05) is 18.2 Å². The molecule has 3 N–H and O–H groups in total. The van der Waals surface area contributed by atoms with Gasteiger partial charge in [0.2, 0.25) is 5.91 Å². The molecule has 0 saturated carbocycles. The molecule has 27 heavy (non-hydrogen) atoms. The molecule has 1 unspecified atom stereocenters. The largest absolute Gasteiger partial charge is 0.356 e. The maximum Gasteiger partial charge on any atom is 0.225 e. The van der Waals surface area contributed by atoms with Gasteiger partial charge >= 0.3 is 0 Å². The quantitative estimate of drug-likeness (QED) is 0.341. The number of rotatable bonds is 5. The zero-order chi connectivity index (χ0) is 18.4. The third-order valence-corrected chi connectivity index (χ3v) is 5.53. The first-order chi connectivity index (χ1) is 12.7. The van der Waals surface area contributed by atoms with Crippen LogP contribution in [0.15, 0.2) is 29.3 Å². The van der Waals surface area contributed by atoms with Crippen LogP contribution >= 0.6 is 24.0 Å². The van der Waals surface area contributed by atoms with E-state index >= 15 is 0 Å². The highest BCUT2D eigenvalue weighted by molar-refractivity contribution is 14.0. The summed E-state index contributed by atoms with van der Waals surface area (Å²) in [5, 5.41) is 9.77. The van der Waals surface area contributed by atoms with Crippen LogP contribution in [-0.2, 0) is 4.79 Å². The summed E-state index contributed by atoms with van der Waals surface area (Å²) < 4.78 is 0. The maximum absolute atomic E-state index is 11.9. The van der Waals surface area contributed by atoms with Gasteiger partial charge in [0, 0.05) is 38.2 Å². The number of nitrogens with one attached hydrogen (secondary N) is 3. The van der Waals surface area contributed by atoms with E-state index in [9.17, 15) is 4.79 Å². The van der Waals surface area contributed by atoms with E-state index in [1.165, 1.54) is 37.9 Å². The summed E-state index contributed by atoms with van der Waals surface area (Å²) in [6.45, 7) is 4.07. The first kappa shape index (κ1) is 21.9. The summed E-state index contributed by atoms with van der Waals surface area (Å²) in [6.07, 6.45) is 4.27. The number of fused-ring (bicyclic) bond motifs is 1. The minimum absolute atomic E-state index is 0. The molecular weight excluding hydrogens is 453 g/mol. The lowest BCUT2D eigenvalue weighted by atomic mass is 9.90. The Balaban J connectivity index is 0.00000261. The lowest BCUT2D eigenvalue weighted by molar-refractivity contribution is -0.116. The minimum Gasteiger partial charge on any atom is -0.356 e. The average Bonchev–Trinajstić information content (AvgIpc) is 2.65. The van der Waals surface area contributed by atoms with Crippen molar-refractivity contribution >= 4 is 41.5 Å². The zero-order valence-corrected chi connectivity index (χ0v) is 18.7. The first-order valence-electron chi connectivity index (χ1n) is 9.67. The highest BCUT2D eigenvalue weighted by Gasteiger charge is 2.24. The highest BCUT2D eigenvalue weighted by Crippen LogP contribution is 2.31. The number of halogens is 1. The molecule has 0 aromatic heterocycles. The van der Waals surface area contributed by atoms with Crippen LogP contribution < -0.4 is 16.0 Å². The zero-order valence-electron chi connectivity index (χ0n) is 16.3. The van der Waals surface area contributed by atoms with Crippen LogP contribution in [0.1, 0.15) is 37.2 Å². The fourth-order valence-electron chi connectivity index (χ4n) is 3.87. The Morgan fingerprint density at radius 1 is 1.26 bits per heavy atom. The summed E-state index contributed by atoms with van der Waals surface area (Å²) in [4.78, 5) is 18.7. The molecule has 6 nitrogen and oxygen atoms in total. The third kappa shape index (κ3) is 6.34. The second kappa shape index (κ2) is 10.8. The Bertz CT molecular complexity index is 643. The van der Waals surface area contributed by atoms with Crippen molar-refractivity contribution in [1.82, 2.24) is 15.5 Å². The number of piperidine rings is 1. The Morgan fingerprint density at radius 3 is 2.74 bits per heavy atom. The predicted molar refractivity (Wildman–Crippen MR) is 122 cm³/mol. The molecule has 1 saturated heterocycles. The molecule has 1 aromatic carbocycles. The summed E-state index contributed by atoms with van der Waals surface area (Å²) in [7, 11) is 4.00. The third-order valence-electron chi connectivity index (χ3n) is 5.53. The molecule has 2 aliphatic heterocycles. The van der Waals surface area contributed by atoms with Crippen LogP contribution in [0.4, 0.5) is 5.69 Å². The molecule has 150 valence electrons. The second-order valence-corrected chi connectivity index (χ2v) is 7.45. The van der Waals surface area contributed by atoms with E-state index in [-0.39, 0.29) is 35.8 Å². The number of anilines is 1. The summed E-state index contributed by atoms with van der Waals surface area (Å²) >= 11 is 0. The molecule has 1 atom stereocenters. The monoisotopic (exact) mass is 485 g/mol. The van der Waals surface area contributed by atoms with Crippen LogP contribution in [0.25, 0.3) is 0 Å². The molecule has 0 radical (unpaired) electrons. The van der Waals surface area contributed by atoms with Gasteiger partial charge in [-0.3, -0.25) is 9.79 Å². The van der Waals surface area contributed by atoms with E-state index in [4.69, 9.17) is 0 Å². The highest BCUT2D eigenvalue weighted by atomic mass is 127. The van der Waals surface area contributed by atoms with Gasteiger partial charge < -0.3 is 20.9 Å². The smallest absolute Gasteiger partial charge is 0.225 e. The van der Waals surface area contributed by atoms with E-state index in [1.54, 1.807) is 7.05 Å². The first-order valence-corrected chi connectivity index (χ1v) is 9.67. The number of likely N-dealkylation sites (tertiary alicyclic amines) is 1. The van der Waals surface area contributed by atoms with Gasteiger partial charge in [0.1, 0.15) is 0 Å². The number of nitrogens with zero attached hydrogens (tertiary/aromatic N) is 2. The average molecular weight is 485 g/mol. The van der Waals surface area contributed by atoms with Crippen LogP contribution in [0.2, 0.25) is 0 Å². The SMILES string of the molecule is CN=C(NCCC1CCN(C)CC1)NCC1CC(=O)Nc2ccccc21.I. The van der Waals surface area contributed by atoms with Crippen molar-refractivity contribution in [2.24, 2.45) is 10.9 Å². The lowest BCUT2D eigenvalue weighted by Crippen LogP contribution is -2.41. The lowest BCUT2D eigenvalue weighted by Gasteiger charge is -2.29. The second-order valence-electron chi connectivity index (χ2n) is 7.45. The Kier molecular flexibility index (Phi) is 8.82. The number of aliphatic imine (C=N–C) groups is 1. The van der Waals surface area contributed by atoms with Crippen LogP contribution in [0.5, 0.6) is 0 Å². The van der Waals surface area contributed by atoms with Gasteiger partial charge in [-0.2, -0.15) is 0 Å². The fourth-order valence-corrected chi connectivity index (χ4v) is 3.87. The molecule has 0 bridgehead atoms. The van der Waals surface area contributed by atoms with Crippen molar-refractivity contribution in [2.45, 2.75) is 31.6 Å². The van der Waals surface area contributed by atoms with Gasteiger partial charge in [0.15, 0.2) is 5.96 Å². The van der Waals surface area contributed by atoms with Crippen molar-refractivity contribution in [3.63, 3.8) is 0 Å². The van der Waals surface area contributed by atoms with E-state index in [1.807, 2.05) is 18.2 Å². The topological polar surface area (TPSA) is 68.8 Å². The van der Waals surface area contributed by atoms with E-state index < -0.39 is 0 Å². The Labute approximate surface area is 179 Å². The molecule has 0 aliphatic carbocycles. The predicted octanol–water partition coefficient (Wildman–Crippen LogP) is 2.63. The number of hydrogen-bond donors (Lipinski definition) is 3. The van der Waals surface area contributed by atoms with Crippen molar-refractivity contribution in [2.75, 3.05) is 45.6 Å². The minimum atomic E-state index is 0. The summed E-state index contributed by atoms with van der Waals surface area (Å²) in [5.41, 5.74) is 2.13. The Morgan fingerprint density at radius 2 is 2.00 bits per heavy atom. The van der Waals surface area contributed by atoms with E-state index in [2.05, 4.69) is 39.0 Å². The molecule has 0 spiro atoms. The number of carbonyl (C=O) groups excluding carboxylic acids is 1. The molecular formula is C20H32IN5O. The van der Waals surface area contributed by atoms with Gasteiger partial charge in [-0.25, -0.2) is 0 Å². The van der Waals surface area contributed by atoms with Gasteiger partial charge in [0.25, 0.3) is 0 Å². The molecule has 2 heterocycles. The van der Waals surface area contributed by atoms with Gasteiger partial charge in [-0.15, -0.1) is 24.0 Å². The van der Waals surface area contributed by atoms with E-state index in [0.717, 1.165) is 24.1 Å². The standard InChI is InChI=1S/C20H31N5O.HI/c1-21-20(22-10-7-15-8-11-25(2)12-9-15)23-14-16-13-19(26)24-18-6-4-3-5-17(16)18;/h3-6,15-16H,7-14H2,1-2H3,(H,24,26)(H2,21,22,23);1H. The number of carbonyl (C=O) groups is 1. The van der Waals surface area contributed by atoms with Crippen LogP contribution in [0.3, 0.4) is 0 Å². The van der Waals surface area contributed by atoms with Gasteiger partial charge in [-0.05, 0) is 56.9 Å². The molecule has 1 aromatic rings. The van der Waals surface area contributed by atoms with Crippen molar-refractivity contribution in [3.8, 4) is 0 Å². The fraction of sp³-hybridized carbons (Fsp3) is 0.600. The number of para-hydroxylation sites is 1. The Hall–Kier alpha value is -1.35. The van der Waals surface area contributed by atoms with E-state index in [0.29, 0.717) is 13.0 Å². The van der Waals surface area contributed by atoms with Crippen molar-refractivity contribution in [3.05, 3.63) is 29.8 Å². The normalized spacial score (nSPS) is 21.0. The number of hydrogen-bond acceptors (Lipinski definition) is 3. The van der Waals surface area contributed by atoms with Crippen molar-refractivity contribution in [1.29, 1.82) is 0 Å². The van der Waals surface area contributed by atoms with Crippen LogP contribution in [-0.4, -0.2) is 57.0 Å². The number of benzene rings is 1. The molecule has 7 heteroatoms. The summed E-state index contributed by atoms with van der Waals surface area (Å²) in [5.74, 6) is 1.89. The van der Waals surface area contributed by atoms with Crippen LogP contribution in [0, 0.1) is 5.92 Å². The molecule has 3 rings (SSSR count). The molecule has 1 amide bonds. The number of guanidine groups is 1. The summed E-state index contributed by atoms with van der Waals surface area (Å²) in [6, 6.07) is 8.04. The molecule has 2 aliphatic rings. The molecule has 1 fully saturated rings. The number of amides is 1. The maximum atomic E-state index is 11.9.